The lowest BCUT2D eigenvalue weighted by Crippen LogP contribution is -2.13. The standard InChI is InChI=1S/C24H20N2O3/c1-28-22-12-11-17(14-23(22)29-2)24(27)26-21-10-6-4-8-19(21)18-13-16-7-3-5-9-20(16)25-15-18/h3-15H,1-2H3,(H,26,27). The van der Waals surface area contributed by atoms with Crippen LogP contribution in [0.2, 0.25) is 0 Å². The second-order valence-electron chi connectivity index (χ2n) is 6.49. The number of hydrogen-bond donors (Lipinski definition) is 1. The fraction of sp³-hybridized carbons (Fsp3) is 0.0833. The number of para-hydroxylation sites is 2. The SMILES string of the molecule is COc1ccc(C(=O)Nc2ccccc2-c2cnc3ccccc3c2)cc1OC. The molecule has 29 heavy (non-hydrogen) atoms. The van der Waals surface area contributed by atoms with Gasteiger partial charge in [0, 0.05) is 34.0 Å². The van der Waals surface area contributed by atoms with E-state index in [9.17, 15) is 4.79 Å². The maximum Gasteiger partial charge on any atom is 0.255 e. The van der Waals surface area contributed by atoms with Gasteiger partial charge in [-0.15, -0.1) is 0 Å². The summed E-state index contributed by atoms with van der Waals surface area (Å²) in [6.45, 7) is 0. The Labute approximate surface area is 168 Å². The molecule has 0 aliphatic rings. The molecular weight excluding hydrogens is 364 g/mol. The number of rotatable bonds is 5. The molecule has 4 rings (SSSR count). The van der Waals surface area contributed by atoms with Crippen molar-refractivity contribution in [2.45, 2.75) is 0 Å². The first kappa shape index (κ1) is 18.5. The summed E-state index contributed by atoms with van der Waals surface area (Å²) in [5.74, 6) is 0.853. The van der Waals surface area contributed by atoms with Crippen molar-refractivity contribution in [3.8, 4) is 22.6 Å². The molecule has 0 spiro atoms. The van der Waals surface area contributed by atoms with Crippen LogP contribution in [-0.4, -0.2) is 25.1 Å². The number of pyridine rings is 1. The molecule has 5 heteroatoms. The number of carbonyl (C=O) groups excluding carboxylic acids is 1. The van der Waals surface area contributed by atoms with Crippen molar-refractivity contribution in [2.75, 3.05) is 19.5 Å². The van der Waals surface area contributed by atoms with E-state index < -0.39 is 0 Å². The lowest BCUT2D eigenvalue weighted by Gasteiger charge is -2.13. The van der Waals surface area contributed by atoms with Crippen LogP contribution in [0, 0.1) is 0 Å². The quantitative estimate of drug-likeness (QED) is 0.516. The Morgan fingerprint density at radius 3 is 2.45 bits per heavy atom. The molecule has 0 aliphatic carbocycles. The highest BCUT2D eigenvalue weighted by atomic mass is 16.5. The van der Waals surface area contributed by atoms with Gasteiger partial charge < -0.3 is 14.8 Å². The van der Waals surface area contributed by atoms with Gasteiger partial charge in [-0.3, -0.25) is 9.78 Å². The molecule has 0 saturated heterocycles. The molecule has 4 aromatic rings. The zero-order chi connectivity index (χ0) is 20.2. The van der Waals surface area contributed by atoms with E-state index in [-0.39, 0.29) is 5.91 Å². The molecule has 1 heterocycles. The highest BCUT2D eigenvalue weighted by Gasteiger charge is 2.13. The van der Waals surface area contributed by atoms with E-state index in [0.717, 1.165) is 22.0 Å². The summed E-state index contributed by atoms with van der Waals surface area (Å²) in [5, 5.41) is 4.05. The van der Waals surface area contributed by atoms with Gasteiger partial charge in [-0.2, -0.15) is 0 Å². The molecule has 0 radical (unpaired) electrons. The molecule has 3 aromatic carbocycles. The molecule has 1 amide bonds. The number of nitrogens with zero attached hydrogens (tertiary/aromatic N) is 1. The molecule has 0 bridgehead atoms. The van der Waals surface area contributed by atoms with Gasteiger partial charge in [-0.05, 0) is 36.4 Å². The number of aromatic nitrogens is 1. The Balaban J connectivity index is 1.67. The van der Waals surface area contributed by atoms with Crippen molar-refractivity contribution in [1.29, 1.82) is 0 Å². The van der Waals surface area contributed by atoms with Gasteiger partial charge in [0.15, 0.2) is 11.5 Å². The van der Waals surface area contributed by atoms with E-state index in [4.69, 9.17) is 9.47 Å². The van der Waals surface area contributed by atoms with E-state index in [1.165, 1.54) is 0 Å². The minimum absolute atomic E-state index is 0.229. The highest BCUT2D eigenvalue weighted by Crippen LogP contribution is 2.31. The summed E-state index contributed by atoms with van der Waals surface area (Å²) in [4.78, 5) is 17.4. The van der Waals surface area contributed by atoms with Gasteiger partial charge in [0.25, 0.3) is 5.91 Å². The predicted octanol–water partition coefficient (Wildman–Crippen LogP) is 5.17. The number of hydrogen-bond acceptors (Lipinski definition) is 4. The zero-order valence-corrected chi connectivity index (χ0v) is 16.2. The van der Waals surface area contributed by atoms with Crippen LogP contribution in [0.4, 0.5) is 5.69 Å². The zero-order valence-electron chi connectivity index (χ0n) is 16.2. The normalized spacial score (nSPS) is 10.6. The van der Waals surface area contributed by atoms with Crippen molar-refractivity contribution >= 4 is 22.5 Å². The van der Waals surface area contributed by atoms with E-state index in [0.29, 0.717) is 22.7 Å². The minimum Gasteiger partial charge on any atom is -0.493 e. The van der Waals surface area contributed by atoms with E-state index in [1.807, 2.05) is 54.7 Å². The minimum atomic E-state index is -0.229. The summed E-state index contributed by atoms with van der Waals surface area (Å²) >= 11 is 0. The van der Waals surface area contributed by atoms with Gasteiger partial charge in [0.05, 0.1) is 19.7 Å². The second-order valence-corrected chi connectivity index (χ2v) is 6.49. The summed E-state index contributed by atoms with van der Waals surface area (Å²) in [6, 6.07) is 22.8. The van der Waals surface area contributed by atoms with Crippen molar-refractivity contribution in [3.63, 3.8) is 0 Å². The number of benzene rings is 3. The summed E-state index contributed by atoms with van der Waals surface area (Å²) in [6.07, 6.45) is 1.82. The molecule has 144 valence electrons. The van der Waals surface area contributed by atoms with E-state index >= 15 is 0 Å². The lowest BCUT2D eigenvalue weighted by atomic mass is 10.0. The van der Waals surface area contributed by atoms with Crippen LogP contribution in [0.15, 0.2) is 79.0 Å². The van der Waals surface area contributed by atoms with Gasteiger partial charge >= 0.3 is 0 Å². The van der Waals surface area contributed by atoms with E-state index in [2.05, 4.69) is 16.4 Å². The monoisotopic (exact) mass is 384 g/mol. The predicted molar refractivity (Wildman–Crippen MR) is 115 cm³/mol. The van der Waals surface area contributed by atoms with Crippen LogP contribution in [-0.2, 0) is 0 Å². The number of methoxy groups -OCH3 is 2. The van der Waals surface area contributed by atoms with Crippen molar-refractivity contribution in [2.24, 2.45) is 0 Å². The van der Waals surface area contributed by atoms with Gasteiger partial charge in [-0.25, -0.2) is 0 Å². The number of anilines is 1. The van der Waals surface area contributed by atoms with Crippen LogP contribution in [0.1, 0.15) is 10.4 Å². The van der Waals surface area contributed by atoms with Gasteiger partial charge in [0.1, 0.15) is 0 Å². The van der Waals surface area contributed by atoms with Crippen molar-refractivity contribution in [3.05, 3.63) is 84.6 Å². The molecule has 0 fully saturated rings. The molecule has 5 nitrogen and oxygen atoms in total. The fourth-order valence-corrected chi connectivity index (χ4v) is 3.23. The molecule has 1 aromatic heterocycles. The number of nitrogens with one attached hydrogen (secondary N) is 1. The number of ether oxygens (including phenoxy) is 2. The first-order valence-corrected chi connectivity index (χ1v) is 9.17. The average molecular weight is 384 g/mol. The fourth-order valence-electron chi connectivity index (χ4n) is 3.23. The third-order valence-electron chi connectivity index (χ3n) is 4.72. The first-order valence-electron chi connectivity index (χ1n) is 9.17. The second kappa shape index (κ2) is 8.02. The molecule has 0 aliphatic heterocycles. The van der Waals surface area contributed by atoms with Crippen LogP contribution >= 0.6 is 0 Å². The lowest BCUT2D eigenvalue weighted by molar-refractivity contribution is 0.102. The van der Waals surface area contributed by atoms with Crippen LogP contribution in [0.25, 0.3) is 22.0 Å². The maximum atomic E-state index is 12.9. The Morgan fingerprint density at radius 2 is 1.62 bits per heavy atom. The summed E-state index contributed by atoms with van der Waals surface area (Å²) < 4.78 is 10.5. The van der Waals surface area contributed by atoms with E-state index in [1.54, 1.807) is 32.4 Å². The first-order chi connectivity index (χ1) is 14.2. The molecular formula is C24H20N2O3. The molecule has 0 saturated carbocycles. The molecule has 0 atom stereocenters. The number of fused-ring (bicyclic) bond motifs is 1. The van der Waals surface area contributed by atoms with Gasteiger partial charge in [-0.1, -0.05) is 36.4 Å². The Kier molecular flexibility index (Phi) is 5.12. The maximum absolute atomic E-state index is 12.9. The molecule has 1 N–H and O–H groups in total. The van der Waals surface area contributed by atoms with Crippen LogP contribution in [0.3, 0.4) is 0 Å². The Bertz CT molecular complexity index is 1190. The van der Waals surface area contributed by atoms with Crippen LogP contribution < -0.4 is 14.8 Å². The average Bonchev–Trinajstić information content (AvgIpc) is 2.78. The van der Waals surface area contributed by atoms with Crippen molar-refractivity contribution in [1.82, 2.24) is 4.98 Å². The summed E-state index contributed by atoms with van der Waals surface area (Å²) in [5.41, 5.74) is 3.97. The number of carbonyl (C=O) groups is 1. The van der Waals surface area contributed by atoms with Crippen molar-refractivity contribution < 1.29 is 14.3 Å². The largest absolute Gasteiger partial charge is 0.493 e. The number of amides is 1. The smallest absolute Gasteiger partial charge is 0.255 e. The summed E-state index contributed by atoms with van der Waals surface area (Å²) in [7, 11) is 3.10. The van der Waals surface area contributed by atoms with Crippen LogP contribution in [0.5, 0.6) is 11.5 Å². The van der Waals surface area contributed by atoms with Gasteiger partial charge in [0.2, 0.25) is 0 Å². The third kappa shape index (κ3) is 3.75. The topological polar surface area (TPSA) is 60.5 Å². The molecule has 0 unspecified atom stereocenters. The third-order valence-corrected chi connectivity index (χ3v) is 4.72. The highest BCUT2D eigenvalue weighted by molar-refractivity contribution is 6.06. The Hall–Kier alpha value is -3.86. The Morgan fingerprint density at radius 1 is 0.862 bits per heavy atom.